The average molecular weight is 226 g/mol. The Morgan fingerprint density at radius 3 is 2.81 bits per heavy atom. The maximum atomic E-state index is 13.8. The van der Waals surface area contributed by atoms with Crippen molar-refractivity contribution >= 4 is 5.97 Å². The van der Waals surface area contributed by atoms with Crippen molar-refractivity contribution in [3.05, 3.63) is 17.7 Å². The fourth-order valence-corrected chi connectivity index (χ4v) is 2.24. The molecule has 5 heteroatoms. The van der Waals surface area contributed by atoms with Gasteiger partial charge in [-0.05, 0) is 12.8 Å². The van der Waals surface area contributed by atoms with Crippen LogP contribution in [0.5, 0.6) is 0 Å². The number of carboxylic acids is 1. The van der Waals surface area contributed by atoms with Crippen molar-refractivity contribution in [3.8, 4) is 0 Å². The van der Waals surface area contributed by atoms with Gasteiger partial charge in [0.1, 0.15) is 0 Å². The molecule has 4 nitrogen and oxygen atoms in total. The number of hydrogen-bond donors (Lipinski definition) is 1. The lowest BCUT2D eigenvalue weighted by molar-refractivity contribution is -0.136. The monoisotopic (exact) mass is 226 g/mol. The first kappa shape index (κ1) is 11.1. The highest BCUT2D eigenvalue weighted by molar-refractivity contribution is 5.69. The van der Waals surface area contributed by atoms with Crippen molar-refractivity contribution in [2.45, 2.75) is 44.6 Å². The summed E-state index contributed by atoms with van der Waals surface area (Å²) in [5.41, 5.74) is 0.179. The summed E-state index contributed by atoms with van der Waals surface area (Å²) < 4.78 is 15.2. The molecule has 0 bridgehead atoms. The van der Waals surface area contributed by atoms with Crippen molar-refractivity contribution in [1.29, 1.82) is 0 Å². The topological polar surface area (TPSA) is 55.1 Å². The smallest absolute Gasteiger partial charge is 0.308 e. The number of rotatable bonds is 3. The summed E-state index contributed by atoms with van der Waals surface area (Å²) in [6.07, 6.45) is 6.30. The van der Waals surface area contributed by atoms with Crippen LogP contribution in [0.15, 0.2) is 6.20 Å². The van der Waals surface area contributed by atoms with E-state index < -0.39 is 11.9 Å². The molecule has 0 atom stereocenters. The van der Waals surface area contributed by atoms with Gasteiger partial charge in [-0.15, -0.1) is 0 Å². The minimum absolute atomic E-state index is 0.108. The second-order valence-electron chi connectivity index (χ2n) is 4.27. The molecule has 1 saturated carbocycles. The first-order valence-electron chi connectivity index (χ1n) is 5.62. The summed E-state index contributed by atoms with van der Waals surface area (Å²) >= 11 is 0. The van der Waals surface area contributed by atoms with Crippen LogP contribution in [-0.2, 0) is 11.2 Å². The van der Waals surface area contributed by atoms with Crippen molar-refractivity contribution in [2.24, 2.45) is 0 Å². The first-order valence-corrected chi connectivity index (χ1v) is 5.62. The molecule has 0 saturated heterocycles. The van der Waals surface area contributed by atoms with E-state index in [1.807, 2.05) is 0 Å². The molecule has 0 aliphatic heterocycles. The van der Waals surface area contributed by atoms with Gasteiger partial charge in [0.15, 0.2) is 0 Å². The SMILES string of the molecule is O=C(O)Cc1cnn(C2CCCCC2)c1F. The van der Waals surface area contributed by atoms with E-state index in [-0.39, 0.29) is 18.0 Å². The highest BCUT2D eigenvalue weighted by Crippen LogP contribution is 2.28. The van der Waals surface area contributed by atoms with Crippen LogP contribution in [0.1, 0.15) is 43.7 Å². The number of carboxylic acid groups (broad SMARTS) is 1. The zero-order valence-electron chi connectivity index (χ0n) is 9.03. The van der Waals surface area contributed by atoms with Gasteiger partial charge in [0, 0.05) is 5.56 Å². The third kappa shape index (κ3) is 2.23. The van der Waals surface area contributed by atoms with Gasteiger partial charge in [0.25, 0.3) is 0 Å². The molecule has 2 rings (SSSR count). The third-order valence-corrected chi connectivity index (χ3v) is 3.07. The van der Waals surface area contributed by atoms with Gasteiger partial charge >= 0.3 is 5.97 Å². The van der Waals surface area contributed by atoms with E-state index >= 15 is 0 Å². The van der Waals surface area contributed by atoms with Crippen LogP contribution in [-0.4, -0.2) is 20.9 Å². The summed E-state index contributed by atoms with van der Waals surface area (Å²) in [6.45, 7) is 0. The summed E-state index contributed by atoms with van der Waals surface area (Å²) in [4.78, 5) is 10.5. The lowest BCUT2D eigenvalue weighted by Crippen LogP contribution is -2.16. The van der Waals surface area contributed by atoms with Crippen LogP contribution in [0.4, 0.5) is 4.39 Å². The van der Waals surface area contributed by atoms with E-state index in [4.69, 9.17) is 5.11 Å². The average Bonchev–Trinajstić information content (AvgIpc) is 2.61. The van der Waals surface area contributed by atoms with Crippen LogP contribution in [0.25, 0.3) is 0 Å². The van der Waals surface area contributed by atoms with Gasteiger partial charge in [-0.25, -0.2) is 4.68 Å². The lowest BCUT2D eigenvalue weighted by atomic mass is 9.96. The number of nitrogens with zero attached hydrogens (tertiary/aromatic N) is 2. The Bertz CT molecular complexity index is 383. The summed E-state index contributed by atoms with van der Waals surface area (Å²) in [6, 6.07) is 0.108. The second-order valence-corrected chi connectivity index (χ2v) is 4.27. The standard InChI is InChI=1S/C11H15FN2O2/c12-11-8(6-10(15)16)7-13-14(11)9-4-2-1-3-5-9/h7,9H,1-6H2,(H,15,16). The quantitative estimate of drug-likeness (QED) is 0.859. The zero-order chi connectivity index (χ0) is 11.5. The summed E-state index contributed by atoms with van der Waals surface area (Å²) in [5, 5.41) is 12.6. The van der Waals surface area contributed by atoms with E-state index in [0.717, 1.165) is 25.7 Å². The molecule has 0 unspecified atom stereocenters. The molecule has 88 valence electrons. The van der Waals surface area contributed by atoms with E-state index in [9.17, 15) is 9.18 Å². The van der Waals surface area contributed by atoms with E-state index in [1.54, 1.807) is 0 Å². The highest BCUT2D eigenvalue weighted by atomic mass is 19.1. The first-order chi connectivity index (χ1) is 7.68. The molecule has 1 aliphatic rings. The molecular formula is C11H15FN2O2. The van der Waals surface area contributed by atoms with Crippen molar-refractivity contribution in [1.82, 2.24) is 9.78 Å². The number of hydrogen-bond acceptors (Lipinski definition) is 2. The molecule has 1 N–H and O–H groups in total. The van der Waals surface area contributed by atoms with E-state index in [0.29, 0.717) is 0 Å². The molecule has 1 fully saturated rings. The second kappa shape index (κ2) is 4.63. The van der Waals surface area contributed by atoms with E-state index in [2.05, 4.69) is 5.10 Å². The molecule has 1 aliphatic carbocycles. The Labute approximate surface area is 93.1 Å². The minimum atomic E-state index is -1.03. The van der Waals surface area contributed by atoms with Gasteiger partial charge in [0.2, 0.25) is 5.95 Å². The molecule has 1 heterocycles. The van der Waals surface area contributed by atoms with Gasteiger partial charge in [-0.3, -0.25) is 4.79 Å². The fraction of sp³-hybridized carbons (Fsp3) is 0.636. The van der Waals surface area contributed by atoms with Gasteiger partial charge in [-0.2, -0.15) is 9.49 Å². The highest BCUT2D eigenvalue weighted by Gasteiger charge is 2.21. The molecule has 0 spiro atoms. The maximum absolute atomic E-state index is 13.8. The molecule has 0 aromatic carbocycles. The minimum Gasteiger partial charge on any atom is -0.481 e. The van der Waals surface area contributed by atoms with Gasteiger partial charge in [-0.1, -0.05) is 19.3 Å². The molecular weight excluding hydrogens is 211 g/mol. The van der Waals surface area contributed by atoms with Gasteiger partial charge in [0.05, 0.1) is 18.7 Å². The Kier molecular flexibility index (Phi) is 3.22. The van der Waals surface area contributed by atoms with E-state index in [1.165, 1.54) is 17.3 Å². The Morgan fingerprint density at radius 2 is 2.19 bits per heavy atom. The third-order valence-electron chi connectivity index (χ3n) is 3.07. The van der Waals surface area contributed by atoms with Crippen molar-refractivity contribution < 1.29 is 14.3 Å². The van der Waals surface area contributed by atoms with Crippen molar-refractivity contribution in [2.75, 3.05) is 0 Å². The molecule has 0 radical (unpaired) electrons. The van der Waals surface area contributed by atoms with Crippen molar-refractivity contribution in [3.63, 3.8) is 0 Å². The molecule has 1 aromatic rings. The van der Waals surface area contributed by atoms with Crippen LogP contribution < -0.4 is 0 Å². The van der Waals surface area contributed by atoms with Crippen LogP contribution in [0, 0.1) is 5.95 Å². The Hall–Kier alpha value is -1.39. The predicted octanol–water partition coefficient (Wildman–Crippen LogP) is 2.15. The van der Waals surface area contributed by atoms with Crippen LogP contribution >= 0.6 is 0 Å². The zero-order valence-corrected chi connectivity index (χ0v) is 9.03. The Morgan fingerprint density at radius 1 is 1.50 bits per heavy atom. The maximum Gasteiger partial charge on any atom is 0.308 e. The Balaban J connectivity index is 2.15. The molecule has 0 amide bonds. The molecule has 1 aromatic heterocycles. The number of aromatic nitrogens is 2. The van der Waals surface area contributed by atoms with Crippen LogP contribution in [0.2, 0.25) is 0 Å². The van der Waals surface area contributed by atoms with Crippen LogP contribution in [0.3, 0.4) is 0 Å². The lowest BCUT2D eigenvalue weighted by Gasteiger charge is -2.22. The van der Waals surface area contributed by atoms with Gasteiger partial charge < -0.3 is 5.11 Å². The number of halogens is 1. The summed E-state index contributed by atoms with van der Waals surface area (Å²) in [7, 11) is 0. The summed E-state index contributed by atoms with van der Waals surface area (Å²) in [5.74, 6) is -1.50. The number of aliphatic carboxylic acids is 1. The fourth-order valence-electron chi connectivity index (χ4n) is 2.24. The normalized spacial score (nSPS) is 17.6. The largest absolute Gasteiger partial charge is 0.481 e. The molecule has 16 heavy (non-hydrogen) atoms. The predicted molar refractivity (Wildman–Crippen MR) is 55.6 cm³/mol. The number of carbonyl (C=O) groups is 1.